The van der Waals surface area contributed by atoms with Gasteiger partial charge in [-0.25, -0.2) is 19.2 Å². The van der Waals surface area contributed by atoms with Crippen molar-refractivity contribution < 1.29 is 14.3 Å². The molecule has 0 spiro atoms. The van der Waals surface area contributed by atoms with Crippen molar-refractivity contribution in [1.29, 1.82) is 0 Å². The molecule has 18 heavy (non-hydrogen) atoms. The van der Waals surface area contributed by atoms with Crippen LogP contribution in [0.15, 0.2) is 6.33 Å². The van der Waals surface area contributed by atoms with E-state index in [9.17, 15) is 14.3 Å². The van der Waals surface area contributed by atoms with Crippen LogP contribution in [0.2, 0.25) is 0 Å². The third-order valence-electron chi connectivity index (χ3n) is 3.37. The van der Waals surface area contributed by atoms with Crippen molar-refractivity contribution >= 4 is 11.8 Å². The molecule has 1 aromatic heterocycles. The fourth-order valence-corrected chi connectivity index (χ4v) is 2.27. The molecule has 1 aromatic rings. The molecular formula is C12H16FN3O2. The Labute approximate surface area is 105 Å². The predicted octanol–water partition coefficient (Wildman–Crippen LogP) is 1.61. The summed E-state index contributed by atoms with van der Waals surface area (Å²) in [5.74, 6) is -1.04. The number of nitrogens with zero attached hydrogens (tertiary/aromatic N) is 3. The largest absolute Gasteiger partial charge is 0.480 e. The van der Waals surface area contributed by atoms with Crippen molar-refractivity contribution in [2.45, 2.75) is 32.7 Å². The van der Waals surface area contributed by atoms with Crippen LogP contribution in [0, 0.1) is 18.7 Å². The maximum atomic E-state index is 14.0. The van der Waals surface area contributed by atoms with Gasteiger partial charge < -0.3 is 10.0 Å². The molecule has 5 nitrogen and oxygen atoms in total. The van der Waals surface area contributed by atoms with E-state index in [4.69, 9.17) is 0 Å². The Morgan fingerprint density at radius 3 is 2.94 bits per heavy atom. The molecule has 0 aliphatic carbocycles. The first-order valence-corrected chi connectivity index (χ1v) is 5.97. The molecular weight excluding hydrogens is 237 g/mol. The minimum absolute atomic E-state index is 0.0989. The van der Waals surface area contributed by atoms with Crippen molar-refractivity contribution in [3.8, 4) is 0 Å². The van der Waals surface area contributed by atoms with E-state index in [1.165, 1.54) is 11.2 Å². The first-order valence-electron chi connectivity index (χ1n) is 5.97. The average Bonchev–Trinajstić information content (AvgIpc) is 2.33. The molecule has 0 bridgehead atoms. The summed E-state index contributed by atoms with van der Waals surface area (Å²) in [6, 6.07) is -0.711. The molecule has 2 unspecified atom stereocenters. The summed E-state index contributed by atoms with van der Waals surface area (Å²) in [6.45, 7) is 4.06. The number of hydrogen-bond donors (Lipinski definition) is 1. The Hall–Kier alpha value is -1.72. The van der Waals surface area contributed by atoms with Crippen molar-refractivity contribution in [3.63, 3.8) is 0 Å². The number of carboxylic acid groups (broad SMARTS) is 1. The van der Waals surface area contributed by atoms with Crippen LogP contribution < -0.4 is 4.90 Å². The fourth-order valence-electron chi connectivity index (χ4n) is 2.27. The number of rotatable bonds is 2. The zero-order valence-corrected chi connectivity index (χ0v) is 10.4. The highest BCUT2D eigenvalue weighted by Gasteiger charge is 2.34. The van der Waals surface area contributed by atoms with Gasteiger partial charge in [0.25, 0.3) is 0 Å². The van der Waals surface area contributed by atoms with Crippen molar-refractivity contribution in [1.82, 2.24) is 9.97 Å². The van der Waals surface area contributed by atoms with E-state index in [0.29, 0.717) is 18.9 Å². The monoisotopic (exact) mass is 253 g/mol. The van der Waals surface area contributed by atoms with Crippen molar-refractivity contribution in [2.24, 2.45) is 5.92 Å². The van der Waals surface area contributed by atoms with Gasteiger partial charge in [0.05, 0.1) is 5.69 Å². The number of aryl methyl sites for hydroxylation is 1. The molecule has 2 heterocycles. The van der Waals surface area contributed by atoms with Crippen molar-refractivity contribution in [3.05, 3.63) is 17.8 Å². The Kier molecular flexibility index (Phi) is 3.45. The van der Waals surface area contributed by atoms with Crippen LogP contribution >= 0.6 is 0 Å². The highest BCUT2D eigenvalue weighted by atomic mass is 19.1. The molecule has 98 valence electrons. The second kappa shape index (κ2) is 4.88. The van der Waals surface area contributed by atoms with Gasteiger partial charge in [0, 0.05) is 6.54 Å². The number of carbonyl (C=O) groups is 1. The fraction of sp³-hybridized carbons (Fsp3) is 0.583. The average molecular weight is 253 g/mol. The van der Waals surface area contributed by atoms with E-state index in [1.807, 2.05) is 6.92 Å². The Balaban J connectivity index is 2.35. The highest BCUT2D eigenvalue weighted by Crippen LogP contribution is 2.28. The van der Waals surface area contributed by atoms with E-state index in [0.717, 1.165) is 6.42 Å². The van der Waals surface area contributed by atoms with Gasteiger partial charge in [-0.05, 0) is 25.7 Å². The molecule has 1 N–H and O–H groups in total. The van der Waals surface area contributed by atoms with Crippen LogP contribution in [0.3, 0.4) is 0 Å². The zero-order valence-electron chi connectivity index (χ0n) is 10.4. The SMILES string of the molecule is Cc1ncnc(N2CCC(C)CC2C(=O)O)c1F. The van der Waals surface area contributed by atoms with Crippen LogP contribution in [-0.4, -0.2) is 33.6 Å². The van der Waals surface area contributed by atoms with Gasteiger partial charge in [-0.15, -0.1) is 0 Å². The number of piperidine rings is 1. The van der Waals surface area contributed by atoms with Gasteiger partial charge in [-0.1, -0.05) is 6.92 Å². The summed E-state index contributed by atoms with van der Waals surface area (Å²) in [6.07, 6.45) is 2.62. The third kappa shape index (κ3) is 2.27. The third-order valence-corrected chi connectivity index (χ3v) is 3.37. The first kappa shape index (κ1) is 12.7. The number of anilines is 1. The lowest BCUT2D eigenvalue weighted by Crippen LogP contribution is -2.47. The number of carboxylic acids is 1. The van der Waals surface area contributed by atoms with Crippen LogP contribution in [0.1, 0.15) is 25.5 Å². The first-order chi connectivity index (χ1) is 8.50. The molecule has 0 amide bonds. The molecule has 0 aromatic carbocycles. The maximum Gasteiger partial charge on any atom is 0.326 e. The van der Waals surface area contributed by atoms with Gasteiger partial charge in [0.2, 0.25) is 0 Å². The topological polar surface area (TPSA) is 66.3 Å². The second-order valence-electron chi connectivity index (χ2n) is 4.77. The van der Waals surface area contributed by atoms with Gasteiger partial charge >= 0.3 is 5.97 Å². The van der Waals surface area contributed by atoms with Gasteiger partial charge in [0.15, 0.2) is 11.6 Å². The predicted molar refractivity (Wildman–Crippen MR) is 63.9 cm³/mol. The lowest BCUT2D eigenvalue weighted by molar-refractivity contribution is -0.139. The number of halogens is 1. The Morgan fingerprint density at radius 1 is 1.56 bits per heavy atom. The number of aliphatic carboxylic acids is 1. The molecule has 1 saturated heterocycles. The Morgan fingerprint density at radius 2 is 2.28 bits per heavy atom. The summed E-state index contributed by atoms with van der Waals surface area (Å²) in [4.78, 5) is 20.5. The number of hydrogen-bond acceptors (Lipinski definition) is 4. The molecule has 1 aliphatic heterocycles. The summed E-state index contributed by atoms with van der Waals surface area (Å²) in [5, 5.41) is 9.24. The van der Waals surface area contributed by atoms with E-state index in [1.54, 1.807) is 6.92 Å². The standard InChI is InChI=1S/C12H16FN3O2/c1-7-3-4-16(9(5-7)12(17)18)11-10(13)8(2)14-6-15-11/h6-7,9H,3-5H2,1-2H3,(H,17,18). The second-order valence-corrected chi connectivity index (χ2v) is 4.77. The smallest absolute Gasteiger partial charge is 0.326 e. The minimum Gasteiger partial charge on any atom is -0.480 e. The molecule has 2 rings (SSSR count). The quantitative estimate of drug-likeness (QED) is 0.867. The van der Waals surface area contributed by atoms with E-state index < -0.39 is 17.8 Å². The van der Waals surface area contributed by atoms with Gasteiger partial charge in [0.1, 0.15) is 12.4 Å². The van der Waals surface area contributed by atoms with Crippen LogP contribution in [0.25, 0.3) is 0 Å². The van der Waals surface area contributed by atoms with Crippen LogP contribution in [-0.2, 0) is 4.79 Å². The summed E-state index contributed by atoms with van der Waals surface area (Å²) >= 11 is 0. The summed E-state index contributed by atoms with van der Waals surface area (Å²) < 4.78 is 14.0. The molecule has 6 heteroatoms. The lowest BCUT2D eigenvalue weighted by atomic mass is 9.92. The molecule has 0 radical (unpaired) electrons. The van der Waals surface area contributed by atoms with E-state index >= 15 is 0 Å². The lowest BCUT2D eigenvalue weighted by Gasteiger charge is -2.36. The highest BCUT2D eigenvalue weighted by molar-refractivity contribution is 5.78. The Bertz CT molecular complexity index is 467. The number of aromatic nitrogens is 2. The molecule has 1 fully saturated rings. The minimum atomic E-state index is -0.933. The van der Waals surface area contributed by atoms with E-state index in [2.05, 4.69) is 9.97 Å². The van der Waals surface area contributed by atoms with E-state index in [-0.39, 0.29) is 11.5 Å². The molecule has 1 aliphatic rings. The summed E-state index contributed by atoms with van der Waals surface area (Å²) in [5.41, 5.74) is 0.239. The normalized spacial score (nSPS) is 24.1. The van der Waals surface area contributed by atoms with Gasteiger partial charge in [-0.3, -0.25) is 0 Å². The molecule has 0 saturated carbocycles. The van der Waals surface area contributed by atoms with Gasteiger partial charge in [-0.2, -0.15) is 0 Å². The zero-order chi connectivity index (χ0) is 13.3. The molecule has 2 atom stereocenters. The summed E-state index contributed by atoms with van der Waals surface area (Å²) in [7, 11) is 0. The maximum absolute atomic E-state index is 14.0. The van der Waals surface area contributed by atoms with Crippen LogP contribution in [0.5, 0.6) is 0 Å². The van der Waals surface area contributed by atoms with Crippen molar-refractivity contribution in [2.75, 3.05) is 11.4 Å². The van der Waals surface area contributed by atoms with Crippen LogP contribution in [0.4, 0.5) is 10.2 Å².